The number of anilines is 1. The first-order chi connectivity index (χ1) is 13.9. The third-order valence-electron chi connectivity index (χ3n) is 4.50. The molecule has 1 aliphatic rings. The monoisotopic (exact) mass is 483 g/mol. The van der Waals surface area contributed by atoms with Gasteiger partial charge >= 0.3 is 0 Å². The lowest BCUT2D eigenvalue weighted by Crippen LogP contribution is -2.51. The minimum atomic E-state index is -0.569. The van der Waals surface area contributed by atoms with Crippen molar-refractivity contribution in [2.24, 2.45) is 0 Å². The van der Waals surface area contributed by atoms with Gasteiger partial charge < -0.3 is 19.9 Å². The Morgan fingerprint density at radius 2 is 1.90 bits per heavy atom. The number of halogens is 3. The maximum absolute atomic E-state index is 13.7. The van der Waals surface area contributed by atoms with E-state index < -0.39 is 11.7 Å². The number of amides is 2. The van der Waals surface area contributed by atoms with Gasteiger partial charge in [-0.25, -0.2) is 4.39 Å². The van der Waals surface area contributed by atoms with Crippen molar-refractivity contribution >= 4 is 45.0 Å². The fraction of sp³-hybridized carbons (Fsp3) is 0.300. The van der Waals surface area contributed by atoms with E-state index in [2.05, 4.69) is 26.1 Å². The van der Waals surface area contributed by atoms with Crippen LogP contribution >= 0.6 is 27.5 Å². The number of benzene rings is 2. The lowest BCUT2D eigenvalue weighted by molar-refractivity contribution is -0.133. The Labute approximate surface area is 181 Å². The van der Waals surface area contributed by atoms with Gasteiger partial charge in [0.15, 0.2) is 18.2 Å². The molecule has 9 heteroatoms. The third-order valence-corrected chi connectivity index (χ3v) is 5.22. The van der Waals surface area contributed by atoms with Gasteiger partial charge in [0.05, 0.1) is 6.54 Å². The summed E-state index contributed by atoms with van der Waals surface area (Å²) in [4.78, 5) is 28.1. The van der Waals surface area contributed by atoms with Gasteiger partial charge in [-0.2, -0.15) is 0 Å². The van der Waals surface area contributed by atoms with Crippen LogP contribution in [0.25, 0.3) is 0 Å². The Morgan fingerprint density at radius 1 is 1.14 bits per heavy atom. The lowest BCUT2D eigenvalue weighted by atomic mass is 10.2. The van der Waals surface area contributed by atoms with E-state index in [4.69, 9.17) is 16.3 Å². The van der Waals surface area contributed by atoms with Crippen molar-refractivity contribution in [2.75, 3.05) is 44.2 Å². The second-order valence-corrected chi connectivity index (χ2v) is 7.84. The van der Waals surface area contributed by atoms with Crippen molar-refractivity contribution in [3.05, 3.63) is 57.8 Å². The summed E-state index contributed by atoms with van der Waals surface area (Å²) >= 11 is 9.18. The summed E-state index contributed by atoms with van der Waals surface area (Å²) in [6.07, 6.45) is 0. The van der Waals surface area contributed by atoms with Gasteiger partial charge in [-0.05, 0) is 36.4 Å². The van der Waals surface area contributed by atoms with Crippen LogP contribution in [0.3, 0.4) is 0 Å². The van der Waals surface area contributed by atoms with E-state index >= 15 is 0 Å². The average molecular weight is 485 g/mol. The first kappa shape index (κ1) is 21.4. The summed E-state index contributed by atoms with van der Waals surface area (Å²) < 4.78 is 19.4. The second-order valence-electron chi connectivity index (χ2n) is 6.49. The Morgan fingerprint density at radius 3 is 2.59 bits per heavy atom. The van der Waals surface area contributed by atoms with Crippen LogP contribution in [-0.4, -0.2) is 56.0 Å². The van der Waals surface area contributed by atoms with Crippen LogP contribution in [0, 0.1) is 5.82 Å². The molecular weight excluding hydrogens is 465 g/mol. The highest BCUT2D eigenvalue weighted by atomic mass is 79.9. The number of nitrogens with one attached hydrogen (secondary N) is 1. The third kappa shape index (κ3) is 6.08. The Kier molecular flexibility index (Phi) is 7.33. The Hall–Kier alpha value is -2.32. The SMILES string of the molecule is O=C(COc1ccc(Br)cc1F)NCC(=O)N1CCN(c2cccc(Cl)c2)CC1. The molecule has 1 fully saturated rings. The van der Waals surface area contributed by atoms with Gasteiger partial charge in [-0.1, -0.05) is 33.6 Å². The van der Waals surface area contributed by atoms with E-state index in [1.807, 2.05) is 24.3 Å². The van der Waals surface area contributed by atoms with Crippen molar-refractivity contribution < 1.29 is 18.7 Å². The number of rotatable bonds is 6. The molecule has 1 heterocycles. The molecule has 0 aromatic heterocycles. The molecule has 1 N–H and O–H groups in total. The summed E-state index contributed by atoms with van der Waals surface area (Å²) in [7, 11) is 0. The summed E-state index contributed by atoms with van der Waals surface area (Å²) in [5, 5.41) is 3.19. The summed E-state index contributed by atoms with van der Waals surface area (Å²) in [6, 6.07) is 11.9. The van der Waals surface area contributed by atoms with E-state index in [1.165, 1.54) is 12.1 Å². The normalized spacial score (nSPS) is 13.9. The summed E-state index contributed by atoms with van der Waals surface area (Å²) in [5.41, 5.74) is 1.02. The molecule has 0 atom stereocenters. The van der Waals surface area contributed by atoms with Gasteiger partial charge in [-0.3, -0.25) is 9.59 Å². The van der Waals surface area contributed by atoms with E-state index in [9.17, 15) is 14.0 Å². The van der Waals surface area contributed by atoms with Crippen molar-refractivity contribution in [2.45, 2.75) is 0 Å². The van der Waals surface area contributed by atoms with Crippen LogP contribution in [0.1, 0.15) is 0 Å². The van der Waals surface area contributed by atoms with Crippen LogP contribution in [0.2, 0.25) is 5.02 Å². The zero-order chi connectivity index (χ0) is 20.8. The highest BCUT2D eigenvalue weighted by Gasteiger charge is 2.21. The maximum Gasteiger partial charge on any atom is 0.258 e. The molecule has 1 saturated heterocycles. The second kappa shape index (κ2) is 9.93. The number of carbonyl (C=O) groups is 2. The molecule has 0 saturated carbocycles. The van der Waals surface area contributed by atoms with Crippen LogP contribution in [0.4, 0.5) is 10.1 Å². The quantitative estimate of drug-likeness (QED) is 0.685. The first-order valence-electron chi connectivity index (χ1n) is 9.05. The number of ether oxygens (including phenoxy) is 1. The number of piperazine rings is 1. The molecule has 1 aliphatic heterocycles. The largest absolute Gasteiger partial charge is 0.481 e. The number of carbonyl (C=O) groups excluding carboxylic acids is 2. The molecule has 154 valence electrons. The average Bonchev–Trinajstić information content (AvgIpc) is 2.71. The Bertz CT molecular complexity index is 891. The fourth-order valence-corrected chi connectivity index (χ4v) is 3.48. The first-order valence-corrected chi connectivity index (χ1v) is 10.2. The maximum atomic E-state index is 13.7. The van der Waals surface area contributed by atoms with Crippen LogP contribution in [0.5, 0.6) is 5.75 Å². The number of hydrogen-bond acceptors (Lipinski definition) is 4. The predicted molar refractivity (Wildman–Crippen MR) is 113 cm³/mol. The zero-order valence-electron chi connectivity index (χ0n) is 15.5. The van der Waals surface area contributed by atoms with E-state index in [-0.39, 0.29) is 24.8 Å². The zero-order valence-corrected chi connectivity index (χ0v) is 17.9. The molecule has 0 bridgehead atoms. The van der Waals surface area contributed by atoms with Crippen LogP contribution in [-0.2, 0) is 9.59 Å². The smallest absolute Gasteiger partial charge is 0.258 e. The molecule has 2 aromatic rings. The minimum absolute atomic E-state index is 0.0215. The van der Waals surface area contributed by atoms with Gasteiger partial charge in [0.2, 0.25) is 5.91 Å². The topological polar surface area (TPSA) is 61.9 Å². The van der Waals surface area contributed by atoms with Crippen molar-refractivity contribution in [3.8, 4) is 5.75 Å². The molecule has 0 spiro atoms. The van der Waals surface area contributed by atoms with Crippen molar-refractivity contribution in [1.29, 1.82) is 0 Å². The van der Waals surface area contributed by atoms with Crippen molar-refractivity contribution in [1.82, 2.24) is 10.2 Å². The van der Waals surface area contributed by atoms with E-state index in [0.717, 1.165) is 5.69 Å². The van der Waals surface area contributed by atoms with Gasteiger partial charge in [0.1, 0.15) is 0 Å². The Balaban J connectivity index is 1.40. The van der Waals surface area contributed by atoms with E-state index in [0.29, 0.717) is 35.7 Å². The van der Waals surface area contributed by atoms with Gasteiger partial charge in [0.25, 0.3) is 5.91 Å². The standard InChI is InChI=1S/C20H20BrClFN3O3/c21-14-4-5-18(17(23)10-14)29-13-19(27)24-12-20(28)26-8-6-25(7-9-26)16-3-1-2-15(22)11-16/h1-5,10-11H,6-9,12-13H2,(H,24,27). The summed E-state index contributed by atoms with van der Waals surface area (Å²) in [5.74, 6) is -1.25. The molecule has 6 nitrogen and oxygen atoms in total. The fourth-order valence-electron chi connectivity index (χ4n) is 2.96. The minimum Gasteiger partial charge on any atom is -0.481 e. The van der Waals surface area contributed by atoms with Crippen molar-refractivity contribution in [3.63, 3.8) is 0 Å². The van der Waals surface area contributed by atoms with Crippen LogP contribution in [0.15, 0.2) is 46.9 Å². The highest BCUT2D eigenvalue weighted by molar-refractivity contribution is 9.10. The molecule has 0 radical (unpaired) electrons. The lowest BCUT2D eigenvalue weighted by Gasteiger charge is -2.36. The molecule has 0 aliphatic carbocycles. The van der Waals surface area contributed by atoms with E-state index in [1.54, 1.807) is 11.0 Å². The highest BCUT2D eigenvalue weighted by Crippen LogP contribution is 2.22. The number of hydrogen-bond donors (Lipinski definition) is 1. The van der Waals surface area contributed by atoms with Gasteiger partial charge in [0, 0.05) is 41.4 Å². The molecule has 29 heavy (non-hydrogen) atoms. The molecule has 2 amide bonds. The molecular formula is C20H20BrClFN3O3. The van der Waals surface area contributed by atoms with Crippen LogP contribution < -0.4 is 15.0 Å². The predicted octanol–water partition coefficient (Wildman–Crippen LogP) is 3.09. The van der Waals surface area contributed by atoms with Gasteiger partial charge in [-0.15, -0.1) is 0 Å². The summed E-state index contributed by atoms with van der Waals surface area (Å²) in [6.45, 7) is 2.00. The molecule has 2 aromatic carbocycles. The molecule has 0 unspecified atom stereocenters. The molecule has 3 rings (SSSR count). The number of nitrogens with zero attached hydrogens (tertiary/aromatic N) is 2.